The van der Waals surface area contributed by atoms with Crippen molar-refractivity contribution >= 4 is 18.3 Å². The Morgan fingerprint density at radius 3 is 2.75 bits per heavy atom. The highest BCUT2D eigenvalue weighted by Gasteiger charge is 2.19. The van der Waals surface area contributed by atoms with Crippen molar-refractivity contribution in [2.45, 2.75) is 25.7 Å². The van der Waals surface area contributed by atoms with Crippen LogP contribution in [0.4, 0.5) is 0 Å². The number of aromatic hydroxyl groups is 1. The largest absolute Gasteiger partial charge is 0.508 e. The molecular weight excluding hydrogens is 276 g/mol. The number of nitrogens with one attached hydrogen (secondary N) is 2. The lowest BCUT2D eigenvalue weighted by Crippen LogP contribution is -2.32. The number of hydrogen-bond donors (Lipinski definition) is 3. The predicted molar refractivity (Wildman–Crippen MR) is 82.3 cm³/mol. The summed E-state index contributed by atoms with van der Waals surface area (Å²) in [5, 5.41) is 15.5. The fourth-order valence-electron chi connectivity index (χ4n) is 2.42. The minimum absolute atomic E-state index is 0. The molecule has 1 fully saturated rings. The standard InChI is InChI=1S/C15H22N2O2.ClH/c18-14-5-3-12(4-6-14)7-11-17-15(19)13-2-1-9-16-10-8-13;/h3-6,13,16,18H,1-2,7-11H2,(H,17,19);1H. The lowest BCUT2D eigenvalue weighted by Gasteiger charge is -2.13. The van der Waals surface area contributed by atoms with Gasteiger partial charge in [-0.25, -0.2) is 0 Å². The summed E-state index contributed by atoms with van der Waals surface area (Å²) in [6.07, 6.45) is 3.80. The second-order valence-electron chi connectivity index (χ2n) is 5.09. The summed E-state index contributed by atoms with van der Waals surface area (Å²) in [6.45, 7) is 2.63. The van der Waals surface area contributed by atoms with E-state index < -0.39 is 0 Å². The van der Waals surface area contributed by atoms with Gasteiger partial charge in [0.25, 0.3) is 0 Å². The van der Waals surface area contributed by atoms with Crippen LogP contribution >= 0.6 is 12.4 Å². The first kappa shape index (κ1) is 16.8. The van der Waals surface area contributed by atoms with Crippen LogP contribution in [-0.4, -0.2) is 30.6 Å². The van der Waals surface area contributed by atoms with Crippen LogP contribution < -0.4 is 10.6 Å². The normalized spacial score (nSPS) is 18.7. The van der Waals surface area contributed by atoms with E-state index >= 15 is 0 Å². The second-order valence-corrected chi connectivity index (χ2v) is 5.09. The SMILES string of the molecule is Cl.O=C(NCCc1ccc(O)cc1)C1CCCNCC1. The molecule has 1 amide bonds. The Labute approximate surface area is 126 Å². The summed E-state index contributed by atoms with van der Waals surface area (Å²) < 4.78 is 0. The number of rotatable bonds is 4. The zero-order chi connectivity index (χ0) is 13.5. The number of hydrogen-bond acceptors (Lipinski definition) is 3. The lowest BCUT2D eigenvalue weighted by molar-refractivity contribution is -0.125. The van der Waals surface area contributed by atoms with Gasteiger partial charge in [-0.2, -0.15) is 0 Å². The number of benzene rings is 1. The predicted octanol–water partition coefficient (Wildman–Crippen LogP) is 1.86. The Kier molecular flexibility index (Phi) is 7.41. The molecule has 1 aliphatic heterocycles. The van der Waals surface area contributed by atoms with Crippen molar-refractivity contribution < 1.29 is 9.90 Å². The van der Waals surface area contributed by atoms with Gasteiger partial charge < -0.3 is 15.7 Å². The summed E-state index contributed by atoms with van der Waals surface area (Å²) in [6, 6.07) is 7.12. The summed E-state index contributed by atoms with van der Waals surface area (Å²) in [7, 11) is 0. The van der Waals surface area contributed by atoms with Crippen LogP contribution in [0.2, 0.25) is 0 Å². The first-order valence-electron chi connectivity index (χ1n) is 7.02. The molecule has 0 bridgehead atoms. The van der Waals surface area contributed by atoms with Crippen LogP contribution in [0, 0.1) is 5.92 Å². The molecule has 4 nitrogen and oxygen atoms in total. The number of carbonyl (C=O) groups excluding carboxylic acids is 1. The van der Waals surface area contributed by atoms with E-state index in [1.807, 2.05) is 12.1 Å². The summed E-state index contributed by atoms with van der Waals surface area (Å²) in [5.74, 6) is 0.621. The summed E-state index contributed by atoms with van der Waals surface area (Å²) >= 11 is 0. The molecule has 1 aliphatic rings. The Bertz CT molecular complexity index is 401. The van der Waals surface area contributed by atoms with E-state index in [4.69, 9.17) is 0 Å². The highest BCUT2D eigenvalue weighted by Crippen LogP contribution is 2.13. The Hall–Kier alpha value is -1.26. The van der Waals surface area contributed by atoms with Gasteiger partial charge >= 0.3 is 0 Å². The molecule has 2 rings (SSSR count). The van der Waals surface area contributed by atoms with Crippen molar-refractivity contribution in [2.75, 3.05) is 19.6 Å². The topological polar surface area (TPSA) is 61.4 Å². The zero-order valence-electron chi connectivity index (χ0n) is 11.6. The maximum Gasteiger partial charge on any atom is 0.223 e. The third kappa shape index (κ3) is 5.39. The van der Waals surface area contributed by atoms with Gasteiger partial charge in [-0.05, 0) is 56.5 Å². The maximum absolute atomic E-state index is 12.0. The number of phenolic OH excluding ortho intramolecular Hbond substituents is 1. The molecule has 0 aliphatic carbocycles. The molecule has 0 aromatic heterocycles. The minimum Gasteiger partial charge on any atom is -0.508 e. The van der Waals surface area contributed by atoms with E-state index in [-0.39, 0.29) is 30.0 Å². The highest BCUT2D eigenvalue weighted by molar-refractivity contribution is 5.85. The number of amides is 1. The van der Waals surface area contributed by atoms with E-state index in [1.165, 1.54) is 0 Å². The van der Waals surface area contributed by atoms with E-state index in [0.29, 0.717) is 6.54 Å². The van der Waals surface area contributed by atoms with Gasteiger partial charge in [-0.3, -0.25) is 4.79 Å². The van der Waals surface area contributed by atoms with Crippen molar-refractivity contribution in [1.82, 2.24) is 10.6 Å². The third-order valence-electron chi connectivity index (χ3n) is 3.60. The van der Waals surface area contributed by atoms with Gasteiger partial charge in [0, 0.05) is 12.5 Å². The molecule has 0 saturated carbocycles. The van der Waals surface area contributed by atoms with Crippen LogP contribution in [0.25, 0.3) is 0 Å². The van der Waals surface area contributed by atoms with Crippen LogP contribution in [0.5, 0.6) is 5.75 Å². The van der Waals surface area contributed by atoms with Gasteiger partial charge in [-0.15, -0.1) is 12.4 Å². The number of phenols is 1. The van der Waals surface area contributed by atoms with Crippen molar-refractivity contribution in [3.63, 3.8) is 0 Å². The molecule has 1 aromatic rings. The molecule has 20 heavy (non-hydrogen) atoms. The van der Waals surface area contributed by atoms with Crippen LogP contribution in [0.15, 0.2) is 24.3 Å². The molecule has 1 atom stereocenters. The second kappa shape index (κ2) is 8.82. The summed E-state index contributed by atoms with van der Waals surface area (Å²) in [4.78, 5) is 12.0. The van der Waals surface area contributed by atoms with Crippen molar-refractivity contribution in [2.24, 2.45) is 5.92 Å². The Balaban J connectivity index is 0.00000200. The monoisotopic (exact) mass is 298 g/mol. The van der Waals surface area contributed by atoms with Gasteiger partial charge in [0.15, 0.2) is 0 Å². The first-order valence-corrected chi connectivity index (χ1v) is 7.02. The molecule has 5 heteroatoms. The Morgan fingerprint density at radius 1 is 1.25 bits per heavy atom. The molecule has 112 valence electrons. The first-order chi connectivity index (χ1) is 9.25. The van der Waals surface area contributed by atoms with E-state index in [0.717, 1.165) is 44.3 Å². The average Bonchev–Trinajstić information content (AvgIpc) is 2.70. The Morgan fingerprint density at radius 2 is 2.00 bits per heavy atom. The summed E-state index contributed by atoms with van der Waals surface area (Å²) in [5.41, 5.74) is 1.13. The van der Waals surface area contributed by atoms with Gasteiger partial charge in [0.1, 0.15) is 5.75 Å². The van der Waals surface area contributed by atoms with Crippen LogP contribution in [-0.2, 0) is 11.2 Å². The molecule has 1 aromatic carbocycles. The van der Waals surface area contributed by atoms with Gasteiger partial charge in [0.2, 0.25) is 5.91 Å². The highest BCUT2D eigenvalue weighted by atomic mass is 35.5. The molecule has 1 unspecified atom stereocenters. The van der Waals surface area contributed by atoms with Crippen molar-refractivity contribution in [3.8, 4) is 5.75 Å². The van der Waals surface area contributed by atoms with Gasteiger partial charge in [0.05, 0.1) is 0 Å². The fourth-order valence-corrected chi connectivity index (χ4v) is 2.42. The minimum atomic E-state index is 0. The molecule has 0 spiro atoms. The molecule has 3 N–H and O–H groups in total. The average molecular weight is 299 g/mol. The zero-order valence-corrected chi connectivity index (χ0v) is 12.4. The van der Waals surface area contributed by atoms with E-state index in [2.05, 4.69) is 10.6 Å². The van der Waals surface area contributed by atoms with Crippen molar-refractivity contribution in [1.29, 1.82) is 0 Å². The van der Waals surface area contributed by atoms with Crippen molar-refractivity contribution in [3.05, 3.63) is 29.8 Å². The molecular formula is C15H23ClN2O2. The third-order valence-corrected chi connectivity index (χ3v) is 3.60. The van der Waals surface area contributed by atoms with E-state index in [9.17, 15) is 9.90 Å². The smallest absolute Gasteiger partial charge is 0.223 e. The number of halogens is 1. The lowest BCUT2D eigenvalue weighted by atomic mass is 10.00. The fraction of sp³-hybridized carbons (Fsp3) is 0.533. The maximum atomic E-state index is 12.0. The molecule has 1 heterocycles. The quantitative estimate of drug-likeness (QED) is 0.795. The van der Waals surface area contributed by atoms with Crippen LogP contribution in [0.3, 0.4) is 0 Å². The molecule has 1 saturated heterocycles. The van der Waals surface area contributed by atoms with E-state index in [1.54, 1.807) is 12.1 Å². The van der Waals surface area contributed by atoms with Crippen LogP contribution in [0.1, 0.15) is 24.8 Å². The molecule has 0 radical (unpaired) electrons. The number of carbonyl (C=O) groups is 1. The van der Waals surface area contributed by atoms with Gasteiger partial charge in [-0.1, -0.05) is 12.1 Å².